The fourth-order valence-electron chi connectivity index (χ4n) is 3.62. The number of fused-ring (bicyclic) bond motifs is 2. The number of hydrogen-bond donors (Lipinski definition) is 2. The lowest BCUT2D eigenvalue weighted by Crippen LogP contribution is -2.24. The Morgan fingerprint density at radius 3 is 2.82 bits per heavy atom. The third-order valence-corrected chi connectivity index (χ3v) is 5.27. The van der Waals surface area contributed by atoms with Crippen LogP contribution in [0.25, 0.3) is 33.1 Å². The van der Waals surface area contributed by atoms with Crippen LogP contribution in [0.5, 0.6) is 0 Å². The van der Waals surface area contributed by atoms with Crippen molar-refractivity contribution in [2.75, 3.05) is 11.9 Å². The third-order valence-electron chi connectivity index (χ3n) is 5.27. The van der Waals surface area contributed by atoms with Gasteiger partial charge >= 0.3 is 5.97 Å². The van der Waals surface area contributed by atoms with Crippen molar-refractivity contribution in [3.8, 4) is 11.4 Å². The van der Waals surface area contributed by atoms with E-state index < -0.39 is 5.97 Å². The molecule has 0 bridgehead atoms. The molecule has 0 spiro atoms. The summed E-state index contributed by atoms with van der Waals surface area (Å²) in [4.78, 5) is 36.8. The molecule has 33 heavy (non-hydrogen) atoms. The number of carboxylic acid groups (broad SMARTS) is 1. The van der Waals surface area contributed by atoms with E-state index in [0.717, 1.165) is 16.3 Å². The summed E-state index contributed by atoms with van der Waals surface area (Å²) in [6, 6.07) is 10.8. The molecule has 0 radical (unpaired) electrons. The minimum atomic E-state index is -1.13. The summed E-state index contributed by atoms with van der Waals surface area (Å²) < 4.78 is 6.59. The molecule has 4 aromatic heterocycles. The predicted molar refractivity (Wildman–Crippen MR) is 121 cm³/mol. The largest absolute Gasteiger partial charge is 0.478 e. The first-order valence-electron chi connectivity index (χ1n) is 10.2. The van der Waals surface area contributed by atoms with Crippen molar-refractivity contribution in [3.05, 3.63) is 76.8 Å². The first-order chi connectivity index (χ1) is 16.0. The van der Waals surface area contributed by atoms with Gasteiger partial charge in [-0.25, -0.2) is 9.78 Å². The maximum atomic E-state index is 12.8. The lowest BCUT2D eigenvalue weighted by Gasteiger charge is -2.11. The van der Waals surface area contributed by atoms with E-state index in [4.69, 9.17) is 4.52 Å². The Morgan fingerprint density at radius 2 is 2.03 bits per heavy atom. The number of benzene rings is 1. The van der Waals surface area contributed by atoms with Gasteiger partial charge < -0.3 is 19.5 Å². The van der Waals surface area contributed by atoms with Gasteiger partial charge in [-0.3, -0.25) is 9.78 Å². The predicted octanol–water partition coefficient (Wildman–Crippen LogP) is 3.11. The van der Waals surface area contributed by atoms with Crippen LogP contribution in [0.2, 0.25) is 0 Å². The van der Waals surface area contributed by atoms with Crippen molar-refractivity contribution >= 4 is 33.5 Å². The molecule has 0 aliphatic heterocycles. The van der Waals surface area contributed by atoms with Gasteiger partial charge in [-0.15, -0.1) is 0 Å². The van der Waals surface area contributed by atoms with Crippen molar-refractivity contribution in [2.24, 2.45) is 0 Å². The highest BCUT2D eigenvalue weighted by molar-refractivity contribution is 5.94. The van der Waals surface area contributed by atoms with Gasteiger partial charge in [0.25, 0.3) is 5.56 Å². The van der Waals surface area contributed by atoms with Gasteiger partial charge in [-0.05, 0) is 29.7 Å². The number of rotatable bonds is 6. The lowest BCUT2D eigenvalue weighted by atomic mass is 10.1. The van der Waals surface area contributed by atoms with E-state index in [9.17, 15) is 14.7 Å². The van der Waals surface area contributed by atoms with Crippen LogP contribution in [0.1, 0.15) is 16.2 Å². The molecule has 0 saturated heterocycles. The zero-order valence-corrected chi connectivity index (χ0v) is 17.5. The summed E-state index contributed by atoms with van der Waals surface area (Å²) >= 11 is 0. The van der Waals surface area contributed by atoms with Crippen molar-refractivity contribution < 1.29 is 14.4 Å². The molecule has 0 aliphatic rings. The summed E-state index contributed by atoms with van der Waals surface area (Å²) in [5, 5.41) is 18.6. The molecule has 4 heterocycles. The highest BCUT2D eigenvalue weighted by Crippen LogP contribution is 2.26. The average Bonchev–Trinajstić information content (AvgIpc) is 3.26. The Labute approximate surface area is 186 Å². The molecule has 5 aromatic rings. The number of aryl methyl sites for hydroxylation is 1. The van der Waals surface area contributed by atoms with Crippen LogP contribution < -0.4 is 10.9 Å². The second kappa shape index (κ2) is 8.15. The summed E-state index contributed by atoms with van der Waals surface area (Å²) in [6.45, 7) is 2.52. The van der Waals surface area contributed by atoms with Gasteiger partial charge in [-0.1, -0.05) is 17.3 Å². The number of aromatic carboxylic acids is 1. The number of nitrogens with zero attached hydrogens (tertiary/aromatic N) is 5. The summed E-state index contributed by atoms with van der Waals surface area (Å²) in [5.74, 6) is 0.527. The molecule has 0 saturated carbocycles. The normalized spacial score (nSPS) is 11.2. The number of carbonyl (C=O) groups is 1. The molecule has 0 unspecified atom stereocenters. The maximum Gasteiger partial charge on any atom is 0.337 e. The van der Waals surface area contributed by atoms with Crippen molar-refractivity contribution in [1.29, 1.82) is 0 Å². The Kier molecular flexibility index (Phi) is 5.02. The van der Waals surface area contributed by atoms with E-state index in [-0.39, 0.29) is 16.5 Å². The molecule has 0 amide bonds. The van der Waals surface area contributed by atoms with Gasteiger partial charge in [0.2, 0.25) is 11.7 Å². The Balaban J connectivity index is 1.40. The van der Waals surface area contributed by atoms with Gasteiger partial charge in [-0.2, -0.15) is 4.98 Å². The van der Waals surface area contributed by atoms with E-state index in [1.54, 1.807) is 25.4 Å². The Hall–Kier alpha value is -4.60. The summed E-state index contributed by atoms with van der Waals surface area (Å²) in [7, 11) is 0. The van der Waals surface area contributed by atoms with Crippen LogP contribution in [0.3, 0.4) is 0 Å². The molecule has 0 aliphatic carbocycles. The summed E-state index contributed by atoms with van der Waals surface area (Å²) in [6.07, 6.45) is 4.60. The maximum absolute atomic E-state index is 12.8. The second-order valence-corrected chi connectivity index (χ2v) is 7.44. The molecule has 0 atom stereocenters. The molecule has 0 fully saturated rings. The second-order valence-electron chi connectivity index (χ2n) is 7.44. The van der Waals surface area contributed by atoms with Crippen LogP contribution in [-0.2, 0) is 6.54 Å². The van der Waals surface area contributed by atoms with Gasteiger partial charge in [0.1, 0.15) is 5.82 Å². The number of nitrogens with one attached hydrogen (secondary N) is 1. The van der Waals surface area contributed by atoms with Crippen molar-refractivity contribution in [3.63, 3.8) is 0 Å². The standard InChI is InChI=1S/C23H18N6O4/c1-13-27-20(28-33-13)15-3-2-14-4-6-24-21(17(14)10-15)25-7-9-29-8-5-19-18(22(29)30)11-16(12-26-19)23(31)32/h2-6,8,10-12H,7,9H2,1H3,(H,24,25)(H,31,32). The Morgan fingerprint density at radius 1 is 1.15 bits per heavy atom. The highest BCUT2D eigenvalue weighted by atomic mass is 16.5. The van der Waals surface area contributed by atoms with Crippen LogP contribution in [0.4, 0.5) is 5.82 Å². The number of pyridine rings is 3. The van der Waals surface area contributed by atoms with Crippen LogP contribution in [-0.4, -0.2) is 42.3 Å². The van der Waals surface area contributed by atoms with E-state index in [0.29, 0.717) is 36.1 Å². The Bertz CT molecular complexity index is 1570. The van der Waals surface area contributed by atoms with E-state index in [2.05, 4.69) is 25.4 Å². The molecule has 5 rings (SSSR count). The van der Waals surface area contributed by atoms with Gasteiger partial charge in [0.15, 0.2) is 0 Å². The molecule has 2 N–H and O–H groups in total. The number of aromatic nitrogens is 5. The molecular formula is C23H18N6O4. The number of anilines is 1. The third kappa shape index (κ3) is 3.89. The van der Waals surface area contributed by atoms with Crippen molar-refractivity contribution in [1.82, 2.24) is 24.7 Å². The SMILES string of the molecule is Cc1nc(-c2ccc3ccnc(NCCn4ccc5ncc(C(=O)O)cc5c4=O)c3c2)no1. The van der Waals surface area contributed by atoms with Crippen molar-refractivity contribution in [2.45, 2.75) is 13.5 Å². The minimum absolute atomic E-state index is 0.0250. The van der Waals surface area contributed by atoms with E-state index in [1.807, 2.05) is 24.3 Å². The molecule has 1 aromatic carbocycles. The molecule has 10 nitrogen and oxygen atoms in total. The minimum Gasteiger partial charge on any atom is -0.478 e. The van der Waals surface area contributed by atoms with Crippen LogP contribution in [0, 0.1) is 6.92 Å². The van der Waals surface area contributed by atoms with Gasteiger partial charge in [0, 0.05) is 49.6 Å². The molecule has 10 heteroatoms. The zero-order valence-electron chi connectivity index (χ0n) is 17.5. The zero-order chi connectivity index (χ0) is 22.9. The quantitative estimate of drug-likeness (QED) is 0.406. The average molecular weight is 442 g/mol. The topological polar surface area (TPSA) is 136 Å². The summed E-state index contributed by atoms with van der Waals surface area (Å²) in [5.41, 5.74) is 0.936. The van der Waals surface area contributed by atoms with E-state index in [1.165, 1.54) is 16.8 Å². The molecule has 164 valence electrons. The number of carboxylic acids is 1. The first-order valence-corrected chi connectivity index (χ1v) is 10.2. The fourth-order valence-corrected chi connectivity index (χ4v) is 3.62. The molecular weight excluding hydrogens is 424 g/mol. The fraction of sp³-hybridized carbons (Fsp3) is 0.130. The monoisotopic (exact) mass is 442 g/mol. The van der Waals surface area contributed by atoms with E-state index >= 15 is 0 Å². The smallest absolute Gasteiger partial charge is 0.337 e. The highest BCUT2D eigenvalue weighted by Gasteiger charge is 2.11. The first kappa shape index (κ1) is 20.3. The van der Waals surface area contributed by atoms with Crippen LogP contribution >= 0.6 is 0 Å². The van der Waals surface area contributed by atoms with Gasteiger partial charge in [0.05, 0.1) is 16.5 Å². The van der Waals surface area contributed by atoms with Crippen LogP contribution in [0.15, 0.2) is 64.3 Å². The lowest BCUT2D eigenvalue weighted by molar-refractivity contribution is 0.0696. The number of hydrogen-bond acceptors (Lipinski definition) is 8.